The molecule has 3 rings (SSSR count). The Morgan fingerprint density at radius 3 is 2.45 bits per heavy atom. The van der Waals surface area contributed by atoms with Gasteiger partial charge in [-0.2, -0.15) is 0 Å². The van der Waals surface area contributed by atoms with E-state index in [4.69, 9.17) is 21.1 Å². The number of halogens is 1. The van der Waals surface area contributed by atoms with Crippen LogP contribution in [0.1, 0.15) is 37.8 Å². The summed E-state index contributed by atoms with van der Waals surface area (Å²) in [5.74, 6) is 1.52. The molecule has 2 aromatic carbocycles. The minimum atomic E-state index is -0.0753. The number of aryl methyl sites for hydroxylation is 2. The zero-order chi connectivity index (χ0) is 22.4. The summed E-state index contributed by atoms with van der Waals surface area (Å²) in [7, 11) is 0. The molecule has 0 atom stereocenters. The van der Waals surface area contributed by atoms with Crippen molar-refractivity contribution in [2.75, 3.05) is 11.9 Å². The van der Waals surface area contributed by atoms with Gasteiger partial charge in [0, 0.05) is 22.4 Å². The van der Waals surface area contributed by atoms with Gasteiger partial charge < -0.3 is 14.8 Å². The molecule has 164 valence electrons. The number of rotatable bonds is 9. The Morgan fingerprint density at radius 1 is 1.13 bits per heavy atom. The number of anilines is 1. The van der Waals surface area contributed by atoms with Crippen molar-refractivity contribution < 1.29 is 14.3 Å². The first-order valence-electron chi connectivity index (χ1n) is 10.2. The Kier molecular flexibility index (Phi) is 7.93. The topological polar surface area (TPSA) is 60.5 Å². The molecule has 31 heavy (non-hydrogen) atoms. The Balaban J connectivity index is 1.45. The molecule has 1 aromatic heterocycles. The van der Waals surface area contributed by atoms with E-state index in [1.54, 1.807) is 0 Å². The van der Waals surface area contributed by atoms with E-state index in [9.17, 15) is 4.79 Å². The van der Waals surface area contributed by atoms with Gasteiger partial charge in [0.1, 0.15) is 11.5 Å². The van der Waals surface area contributed by atoms with Crippen molar-refractivity contribution in [1.82, 2.24) is 4.98 Å². The van der Waals surface area contributed by atoms with Gasteiger partial charge in [0.2, 0.25) is 5.91 Å². The molecule has 0 aliphatic heterocycles. The maximum atomic E-state index is 12.2. The van der Waals surface area contributed by atoms with Gasteiger partial charge in [-0.1, -0.05) is 11.6 Å². The number of thiazole rings is 1. The lowest BCUT2D eigenvalue weighted by atomic mass is 10.1. The SMILES string of the molecule is Cc1cc(OCCCC(=O)Nc2nc(-c3ccc(OC(C)C)cc3)cs2)cc(C)c1Cl. The maximum Gasteiger partial charge on any atom is 0.226 e. The Labute approximate surface area is 192 Å². The van der Waals surface area contributed by atoms with Crippen LogP contribution in [-0.2, 0) is 4.79 Å². The van der Waals surface area contributed by atoms with Crippen molar-refractivity contribution in [3.63, 3.8) is 0 Å². The van der Waals surface area contributed by atoms with Crippen molar-refractivity contribution in [1.29, 1.82) is 0 Å². The number of aromatic nitrogens is 1. The number of carbonyl (C=O) groups excluding carboxylic acids is 1. The molecule has 5 nitrogen and oxygen atoms in total. The van der Waals surface area contributed by atoms with Gasteiger partial charge in [-0.3, -0.25) is 4.79 Å². The van der Waals surface area contributed by atoms with Crippen molar-refractivity contribution in [3.8, 4) is 22.8 Å². The molecule has 0 radical (unpaired) electrons. The summed E-state index contributed by atoms with van der Waals surface area (Å²) in [6.45, 7) is 8.35. The number of amides is 1. The van der Waals surface area contributed by atoms with Crippen LogP contribution >= 0.6 is 22.9 Å². The van der Waals surface area contributed by atoms with Crippen molar-refractivity contribution in [2.45, 2.75) is 46.6 Å². The molecule has 1 heterocycles. The number of hydrogen-bond acceptors (Lipinski definition) is 5. The quantitative estimate of drug-likeness (QED) is 0.364. The van der Waals surface area contributed by atoms with Gasteiger partial charge in [-0.05, 0) is 81.6 Å². The normalized spacial score (nSPS) is 10.9. The first-order chi connectivity index (χ1) is 14.8. The van der Waals surface area contributed by atoms with Gasteiger partial charge in [-0.15, -0.1) is 11.3 Å². The van der Waals surface area contributed by atoms with E-state index >= 15 is 0 Å². The third kappa shape index (κ3) is 6.71. The molecule has 0 aliphatic carbocycles. The van der Waals surface area contributed by atoms with Crippen molar-refractivity contribution in [3.05, 3.63) is 57.9 Å². The van der Waals surface area contributed by atoms with Crippen LogP contribution in [-0.4, -0.2) is 23.6 Å². The molecule has 1 N–H and O–H groups in total. The number of ether oxygens (including phenoxy) is 2. The molecule has 0 spiro atoms. The average molecular weight is 459 g/mol. The fourth-order valence-electron chi connectivity index (χ4n) is 3.03. The van der Waals surface area contributed by atoms with E-state index in [0.717, 1.165) is 38.9 Å². The van der Waals surface area contributed by atoms with Crippen LogP contribution in [0.25, 0.3) is 11.3 Å². The third-order valence-electron chi connectivity index (χ3n) is 4.50. The Morgan fingerprint density at radius 2 is 1.81 bits per heavy atom. The Hall–Kier alpha value is -2.57. The van der Waals surface area contributed by atoms with E-state index in [1.165, 1.54) is 11.3 Å². The number of nitrogens with one attached hydrogen (secondary N) is 1. The second-order valence-corrected chi connectivity index (χ2v) is 8.84. The van der Waals surface area contributed by atoms with E-state index in [2.05, 4.69) is 10.3 Å². The summed E-state index contributed by atoms with van der Waals surface area (Å²) in [6.07, 6.45) is 1.11. The first-order valence-corrected chi connectivity index (χ1v) is 11.5. The van der Waals surface area contributed by atoms with Crippen LogP contribution in [0.3, 0.4) is 0 Å². The summed E-state index contributed by atoms with van der Waals surface area (Å²) >= 11 is 7.59. The minimum Gasteiger partial charge on any atom is -0.494 e. The highest BCUT2D eigenvalue weighted by Crippen LogP contribution is 2.27. The molecule has 0 fully saturated rings. The second-order valence-electron chi connectivity index (χ2n) is 7.60. The maximum absolute atomic E-state index is 12.2. The van der Waals surface area contributed by atoms with Gasteiger partial charge in [0.15, 0.2) is 5.13 Å². The lowest BCUT2D eigenvalue weighted by molar-refractivity contribution is -0.116. The minimum absolute atomic E-state index is 0.0753. The van der Waals surface area contributed by atoms with Crippen LogP contribution < -0.4 is 14.8 Å². The van der Waals surface area contributed by atoms with Crippen molar-refractivity contribution in [2.24, 2.45) is 0 Å². The van der Waals surface area contributed by atoms with Crippen LogP contribution in [0.15, 0.2) is 41.8 Å². The number of carbonyl (C=O) groups is 1. The zero-order valence-electron chi connectivity index (χ0n) is 18.2. The molecule has 0 saturated heterocycles. The van der Waals surface area contributed by atoms with Gasteiger partial charge in [0.25, 0.3) is 0 Å². The Bertz CT molecular complexity index is 1010. The summed E-state index contributed by atoms with van der Waals surface area (Å²) in [5, 5.41) is 6.15. The van der Waals surface area contributed by atoms with Gasteiger partial charge in [0.05, 0.1) is 18.4 Å². The van der Waals surface area contributed by atoms with Gasteiger partial charge in [-0.25, -0.2) is 4.98 Å². The molecule has 0 saturated carbocycles. The smallest absolute Gasteiger partial charge is 0.226 e. The zero-order valence-corrected chi connectivity index (χ0v) is 19.8. The number of hydrogen-bond donors (Lipinski definition) is 1. The number of nitrogens with zero attached hydrogens (tertiary/aromatic N) is 1. The standard InChI is InChI=1S/C24H27ClN2O3S/c1-15(2)30-19-9-7-18(8-10-19)21-14-31-24(26-21)27-22(28)6-5-11-29-20-12-16(3)23(25)17(4)13-20/h7-10,12-15H,5-6,11H2,1-4H3,(H,26,27,28). The fraction of sp³-hybridized carbons (Fsp3) is 0.333. The van der Waals surface area contributed by atoms with Gasteiger partial charge >= 0.3 is 0 Å². The summed E-state index contributed by atoms with van der Waals surface area (Å²) in [6, 6.07) is 11.6. The predicted molar refractivity (Wildman–Crippen MR) is 128 cm³/mol. The monoisotopic (exact) mass is 458 g/mol. The van der Waals surface area contributed by atoms with E-state index < -0.39 is 0 Å². The lowest BCUT2D eigenvalue weighted by Crippen LogP contribution is -2.12. The molecule has 0 unspecified atom stereocenters. The molecule has 1 amide bonds. The average Bonchev–Trinajstić information content (AvgIpc) is 3.18. The van der Waals surface area contributed by atoms with E-state index in [1.807, 2.05) is 69.5 Å². The molecular weight excluding hydrogens is 432 g/mol. The van der Waals surface area contributed by atoms with Crippen LogP contribution in [0.2, 0.25) is 5.02 Å². The second kappa shape index (κ2) is 10.6. The summed E-state index contributed by atoms with van der Waals surface area (Å²) in [5.41, 5.74) is 3.77. The summed E-state index contributed by atoms with van der Waals surface area (Å²) in [4.78, 5) is 16.8. The molecule has 7 heteroatoms. The van der Waals surface area contributed by atoms with Crippen LogP contribution in [0.4, 0.5) is 5.13 Å². The van der Waals surface area contributed by atoms with E-state index in [-0.39, 0.29) is 12.0 Å². The fourth-order valence-corrected chi connectivity index (χ4v) is 3.88. The van der Waals surface area contributed by atoms with E-state index in [0.29, 0.717) is 24.6 Å². The highest BCUT2D eigenvalue weighted by atomic mass is 35.5. The molecule has 0 aliphatic rings. The largest absolute Gasteiger partial charge is 0.494 e. The molecule has 3 aromatic rings. The number of benzene rings is 2. The molecule has 0 bridgehead atoms. The highest BCUT2D eigenvalue weighted by molar-refractivity contribution is 7.14. The lowest BCUT2D eigenvalue weighted by Gasteiger charge is -2.10. The van der Waals surface area contributed by atoms with Crippen LogP contribution in [0, 0.1) is 13.8 Å². The third-order valence-corrected chi connectivity index (χ3v) is 5.85. The summed E-state index contributed by atoms with van der Waals surface area (Å²) < 4.78 is 11.4. The molecular formula is C24H27ClN2O3S. The highest BCUT2D eigenvalue weighted by Gasteiger charge is 2.09. The first kappa shape index (κ1) is 23.1. The van der Waals surface area contributed by atoms with Crippen LogP contribution in [0.5, 0.6) is 11.5 Å². The van der Waals surface area contributed by atoms with Crippen molar-refractivity contribution >= 4 is 34.0 Å². The predicted octanol–water partition coefficient (Wildman–Crippen LogP) is 6.67.